The number of hydroxylamine groups is 2. The number of hydrazone groups is 1. The number of hydrogen-bond donors (Lipinski definition) is 1. The van der Waals surface area contributed by atoms with E-state index in [4.69, 9.17) is 14.3 Å². The van der Waals surface area contributed by atoms with E-state index < -0.39 is 0 Å². The van der Waals surface area contributed by atoms with Gasteiger partial charge in [0.2, 0.25) is 0 Å². The first-order valence-electron chi connectivity index (χ1n) is 11.2. The number of rotatable bonds is 10. The molecule has 0 unspecified atom stereocenters. The van der Waals surface area contributed by atoms with Gasteiger partial charge in [-0.3, -0.25) is 10.4 Å². The van der Waals surface area contributed by atoms with Crippen LogP contribution in [0.3, 0.4) is 0 Å². The summed E-state index contributed by atoms with van der Waals surface area (Å²) < 4.78 is 11.3. The first-order valence-corrected chi connectivity index (χ1v) is 11.2. The molecular weight excluding hydrogens is 434 g/mol. The van der Waals surface area contributed by atoms with Crippen molar-refractivity contribution in [1.82, 2.24) is 20.0 Å². The van der Waals surface area contributed by atoms with Crippen molar-refractivity contribution in [2.24, 2.45) is 5.10 Å². The lowest BCUT2D eigenvalue weighted by Crippen LogP contribution is -2.37. The number of benzene rings is 1. The molecule has 1 saturated heterocycles. The Morgan fingerprint density at radius 3 is 2.85 bits per heavy atom. The molecule has 178 valence electrons. The van der Waals surface area contributed by atoms with Crippen molar-refractivity contribution in [3.05, 3.63) is 66.0 Å². The number of ether oxygens (including phenoxy) is 2. The number of morpholine rings is 1. The van der Waals surface area contributed by atoms with Crippen molar-refractivity contribution in [2.45, 2.75) is 6.92 Å². The molecule has 34 heavy (non-hydrogen) atoms. The molecule has 0 amide bonds. The molecule has 3 aromatic rings. The van der Waals surface area contributed by atoms with Crippen LogP contribution in [0, 0.1) is 6.92 Å². The molecular formula is C24H29N7O3. The van der Waals surface area contributed by atoms with E-state index in [1.807, 2.05) is 50.4 Å². The van der Waals surface area contributed by atoms with Crippen molar-refractivity contribution >= 4 is 17.9 Å². The van der Waals surface area contributed by atoms with E-state index in [9.17, 15) is 0 Å². The standard InChI is InChI=1S/C24H29N7O3/c1-19-5-3-6-20(15-19)17-26-29-22-16-23(31-10-12-32-13-11-31)28-24(27-22)33-14-9-30(2)34-21-7-4-8-25-18-21/h3-8,15-18H,9-14H2,1-2H3,(H,27,28,29)/b26-17+. The fourth-order valence-electron chi connectivity index (χ4n) is 3.30. The minimum absolute atomic E-state index is 0.270. The number of aryl methyl sites for hydroxylation is 1. The van der Waals surface area contributed by atoms with E-state index in [2.05, 4.69) is 36.4 Å². The second kappa shape index (κ2) is 11.9. The minimum atomic E-state index is 0.270. The number of nitrogens with one attached hydrogen (secondary N) is 1. The van der Waals surface area contributed by atoms with E-state index in [1.54, 1.807) is 23.7 Å². The van der Waals surface area contributed by atoms with Gasteiger partial charge in [-0.2, -0.15) is 15.1 Å². The molecule has 0 aliphatic carbocycles. The second-order valence-corrected chi connectivity index (χ2v) is 7.76. The highest BCUT2D eigenvalue weighted by atomic mass is 16.7. The van der Waals surface area contributed by atoms with Gasteiger partial charge < -0.3 is 19.2 Å². The minimum Gasteiger partial charge on any atom is -0.462 e. The van der Waals surface area contributed by atoms with Gasteiger partial charge in [0, 0.05) is 32.4 Å². The van der Waals surface area contributed by atoms with E-state index in [0.717, 1.165) is 24.5 Å². The largest absolute Gasteiger partial charge is 0.462 e. The second-order valence-electron chi connectivity index (χ2n) is 7.76. The van der Waals surface area contributed by atoms with Crippen LogP contribution in [-0.4, -0.2) is 72.7 Å². The molecule has 1 N–H and O–H groups in total. The zero-order chi connectivity index (χ0) is 23.6. The Morgan fingerprint density at radius 2 is 2.06 bits per heavy atom. The first kappa shape index (κ1) is 23.4. The van der Waals surface area contributed by atoms with Crippen LogP contribution in [0.25, 0.3) is 0 Å². The molecule has 0 bridgehead atoms. The summed E-state index contributed by atoms with van der Waals surface area (Å²) in [4.78, 5) is 20.9. The molecule has 2 aromatic heterocycles. The van der Waals surface area contributed by atoms with Gasteiger partial charge in [-0.25, -0.2) is 0 Å². The van der Waals surface area contributed by atoms with E-state index in [-0.39, 0.29) is 6.01 Å². The van der Waals surface area contributed by atoms with Crippen molar-refractivity contribution in [3.8, 4) is 11.8 Å². The fraction of sp³-hybridized carbons (Fsp3) is 0.333. The molecule has 0 spiro atoms. The van der Waals surface area contributed by atoms with Crippen LogP contribution in [0.15, 0.2) is 60.0 Å². The summed E-state index contributed by atoms with van der Waals surface area (Å²) in [5, 5.41) is 6.01. The Balaban J connectivity index is 1.40. The van der Waals surface area contributed by atoms with Crippen molar-refractivity contribution in [3.63, 3.8) is 0 Å². The molecule has 1 aliphatic rings. The normalized spacial score (nSPS) is 13.9. The Morgan fingerprint density at radius 1 is 1.18 bits per heavy atom. The number of pyridine rings is 1. The summed E-state index contributed by atoms with van der Waals surface area (Å²) in [5.74, 6) is 1.98. The molecule has 0 atom stereocenters. The topological polar surface area (TPSA) is 97.2 Å². The summed E-state index contributed by atoms with van der Waals surface area (Å²) in [5.41, 5.74) is 5.18. The molecule has 0 radical (unpaired) electrons. The Kier molecular flexibility index (Phi) is 8.20. The molecule has 1 fully saturated rings. The van der Waals surface area contributed by atoms with Gasteiger partial charge in [-0.15, -0.1) is 5.06 Å². The lowest BCUT2D eigenvalue weighted by atomic mass is 10.2. The third-order valence-corrected chi connectivity index (χ3v) is 5.00. The fourth-order valence-corrected chi connectivity index (χ4v) is 3.30. The van der Waals surface area contributed by atoms with Crippen LogP contribution in [0.5, 0.6) is 11.8 Å². The maximum Gasteiger partial charge on any atom is 0.320 e. The molecule has 1 aliphatic heterocycles. The Hall–Kier alpha value is -3.76. The average molecular weight is 464 g/mol. The molecule has 10 heteroatoms. The third kappa shape index (κ3) is 7.12. The van der Waals surface area contributed by atoms with E-state index in [1.165, 1.54) is 5.56 Å². The summed E-state index contributed by atoms with van der Waals surface area (Å²) in [6.07, 6.45) is 5.11. The lowest BCUT2D eigenvalue weighted by Gasteiger charge is -2.28. The van der Waals surface area contributed by atoms with Gasteiger partial charge in [0.25, 0.3) is 0 Å². The van der Waals surface area contributed by atoms with Gasteiger partial charge in [0.05, 0.1) is 32.2 Å². The number of likely N-dealkylation sites (N-methyl/N-ethyl adjacent to an activating group) is 1. The van der Waals surface area contributed by atoms with Gasteiger partial charge in [0.1, 0.15) is 12.4 Å². The number of anilines is 2. The highest BCUT2D eigenvalue weighted by Gasteiger charge is 2.16. The van der Waals surface area contributed by atoms with Gasteiger partial charge >= 0.3 is 6.01 Å². The SMILES string of the molecule is Cc1cccc(/C=N/Nc2cc(N3CCOCC3)nc(OCCN(C)Oc3cccnc3)n2)c1. The van der Waals surface area contributed by atoms with Crippen molar-refractivity contribution < 1.29 is 14.3 Å². The van der Waals surface area contributed by atoms with Crippen LogP contribution < -0.4 is 19.9 Å². The van der Waals surface area contributed by atoms with Crippen LogP contribution in [0.4, 0.5) is 11.6 Å². The molecule has 4 rings (SSSR count). The number of hydrogen-bond acceptors (Lipinski definition) is 10. The van der Waals surface area contributed by atoms with Crippen LogP contribution in [-0.2, 0) is 4.74 Å². The van der Waals surface area contributed by atoms with Gasteiger partial charge in [-0.05, 0) is 24.6 Å². The Bertz CT molecular complexity index is 1080. The summed E-state index contributed by atoms with van der Waals surface area (Å²) in [6.45, 7) is 5.72. The van der Waals surface area contributed by atoms with Crippen molar-refractivity contribution in [1.29, 1.82) is 0 Å². The molecule has 1 aromatic carbocycles. The third-order valence-electron chi connectivity index (χ3n) is 5.00. The van der Waals surface area contributed by atoms with E-state index in [0.29, 0.717) is 37.9 Å². The van der Waals surface area contributed by atoms with Gasteiger partial charge in [-0.1, -0.05) is 29.8 Å². The van der Waals surface area contributed by atoms with Gasteiger partial charge in [0.15, 0.2) is 11.6 Å². The summed E-state index contributed by atoms with van der Waals surface area (Å²) in [6, 6.07) is 13.9. The zero-order valence-electron chi connectivity index (χ0n) is 19.4. The summed E-state index contributed by atoms with van der Waals surface area (Å²) in [7, 11) is 1.83. The number of nitrogens with zero attached hydrogens (tertiary/aromatic N) is 6. The zero-order valence-corrected chi connectivity index (χ0v) is 19.4. The predicted molar refractivity (Wildman–Crippen MR) is 130 cm³/mol. The quantitative estimate of drug-likeness (QED) is 0.359. The maximum atomic E-state index is 5.86. The Labute approximate surface area is 199 Å². The molecule has 0 saturated carbocycles. The van der Waals surface area contributed by atoms with Crippen LogP contribution in [0.1, 0.15) is 11.1 Å². The summed E-state index contributed by atoms with van der Waals surface area (Å²) >= 11 is 0. The highest BCUT2D eigenvalue weighted by Crippen LogP contribution is 2.20. The maximum absolute atomic E-state index is 5.86. The lowest BCUT2D eigenvalue weighted by molar-refractivity contribution is -0.0406. The van der Waals surface area contributed by atoms with E-state index >= 15 is 0 Å². The first-order chi connectivity index (χ1) is 16.7. The van der Waals surface area contributed by atoms with Crippen LogP contribution >= 0.6 is 0 Å². The molecule has 3 heterocycles. The smallest absolute Gasteiger partial charge is 0.320 e. The van der Waals surface area contributed by atoms with Crippen LogP contribution in [0.2, 0.25) is 0 Å². The highest BCUT2D eigenvalue weighted by molar-refractivity contribution is 5.80. The van der Waals surface area contributed by atoms with Crippen molar-refractivity contribution in [2.75, 3.05) is 56.8 Å². The predicted octanol–water partition coefficient (Wildman–Crippen LogP) is 2.77. The molecule has 10 nitrogen and oxygen atoms in total. The monoisotopic (exact) mass is 463 g/mol. The average Bonchev–Trinajstić information content (AvgIpc) is 2.85. The number of aromatic nitrogens is 3.